The molecule has 2 aromatic rings. The average Bonchev–Trinajstić information content (AvgIpc) is 2.86. The van der Waals surface area contributed by atoms with Gasteiger partial charge in [-0.2, -0.15) is 0 Å². The second kappa shape index (κ2) is 8.10. The number of hydrogen-bond donors (Lipinski definition) is 2. The second-order valence-corrected chi connectivity index (χ2v) is 7.85. The predicted molar refractivity (Wildman–Crippen MR) is 101 cm³/mol. The van der Waals surface area contributed by atoms with Crippen LogP contribution in [0, 0.1) is 12.8 Å². The molecule has 1 unspecified atom stereocenters. The molecule has 2 aromatic heterocycles. The van der Waals surface area contributed by atoms with E-state index in [2.05, 4.69) is 34.5 Å². The number of fused-ring (bicyclic) bond motifs is 1. The number of carbonyl (C=O) groups is 1. The van der Waals surface area contributed by atoms with Gasteiger partial charge in [-0.3, -0.25) is 4.79 Å². The Morgan fingerprint density at radius 2 is 2.16 bits per heavy atom. The van der Waals surface area contributed by atoms with E-state index < -0.39 is 11.6 Å². The molecule has 7 heteroatoms. The highest BCUT2D eigenvalue weighted by Crippen LogP contribution is 2.32. The van der Waals surface area contributed by atoms with Crippen LogP contribution in [0.25, 0.3) is 10.2 Å². The zero-order chi connectivity index (χ0) is 18.6. The number of nitrogens with one attached hydrogen (secondary N) is 1. The number of aliphatic hydroxyl groups is 1. The molecule has 2 N–H and O–H groups in total. The summed E-state index contributed by atoms with van der Waals surface area (Å²) in [4.78, 5) is 21.6. The second-order valence-electron chi connectivity index (χ2n) is 6.99. The molecular formula is C18H27N3O3S. The summed E-state index contributed by atoms with van der Waals surface area (Å²) in [5.41, 5.74) is -0.00592. The largest absolute Gasteiger partial charge is 0.466 e. The number of aromatic nitrogens is 2. The van der Waals surface area contributed by atoms with E-state index in [-0.39, 0.29) is 13.0 Å². The average molecular weight is 365 g/mol. The minimum atomic E-state index is -1.22. The van der Waals surface area contributed by atoms with E-state index in [0.717, 1.165) is 16.6 Å². The fraction of sp³-hybridized carbons (Fsp3) is 0.611. The Balaban J connectivity index is 2.22. The van der Waals surface area contributed by atoms with E-state index in [1.807, 2.05) is 6.92 Å². The number of aryl methyl sites for hydroxylation is 1. The molecule has 2 heterocycles. The fourth-order valence-electron chi connectivity index (χ4n) is 2.68. The van der Waals surface area contributed by atoms with Crippen LogP contribution in [0.4, 0.5) is 5.82 Å². The molecule has 0 saturated carbocycles. The number of thiophene rings is 1. The third-order valence-electron chi connectivity index (χ3n) is 3.72. The Bertz CT molecular complexity index is 740. The Kier molecular flexibility index (Phi) is 6.35. The van der Waals surface area contributed by atoms with Crippen LogP contribution >= 0.6 is 11.3 Å². The van der Waals surface area contributed by atoms with Crippen LogP contribution in [0.2, 0.25) is 0 Å². The lowest BCUT2D eigenvalue weighted by Gasteiger charge is -2.23. The van der Waals surface area contributed by atoms with Gasteiger partial charge in [0.2, 0.25) is 0 Å². The van der Waals surface area contributed by atoms with Gasteiger partial charge in [-0.25, -0.2) is 9.97 Å². The van der Waals surface area contributed by atoms with Crippen molar-refractivity contribution < 1.29 is 14.6 Å². The molecule has 0 saturated heterocycles. The normalized spacial score (nSPS) is 13.9. The van der Waals surface area contributed by atoms with Gasteiger partial charge in [-0.05, 0) is 44.1 Å². The fourth-order valence-corrected chi connectivity index (χ4v) is 3.68. The zero-order valence-electron chi connectivity index (χ0n) is 15.5. The first-order valence-electron chi connectivity index (χ1n) is 8.58. The monoisotopic (exact) mass is 365 g/mol. The summed E-state index contributed by atoms with van der Waals surface area (Å²) in [5, 5.41) is 16.8. The first kappa shape index (κ1) is 19.6. The molecule has 25 heavy (non-hydrogen) atoms. The van der Waals surface area contributed by atoms with Gasteiger partial charge in [0.05, 0.1) is 24.0 Å². The van der Waals surface area contributed by atoms with Crippen LogP contribution in [-0.2, 0) is 16.0 Å². The van der Waals surface area contributed by atoms with E-state index in [9.17, 15) is 9.90 Å². The van der Waals surface area contributed by atoms with Crippen LogP contribution in [-0.4, -0.2) is 39.8 Å². The Morgan fingerprint density at radius 3 is 2.80 bits per heavy atom. The van der Waals surface area contributed by atoms with Crippen molar-refractivity contribution in [3.05, 3.63) is 16.8 Å². The van der Waals surface area contributed by atoms with Gasteiger partial charge in [0.15, 0.2) is 0 Å². The Labute approximate surface area is 152 Å². The molecule has 0 aliphatic rings. The highest BCUT2D eigenvalue weighted by atomic mass is 32.1. The predicted octanol–water partition coefficient (Wildman–Crippen LogP) is 3.31. The van der Waals surface area contributed by atoms with Gasteiger partial charge in [-0.1, -0.05) is 13.8 Å². The van der Waals surface area contributed by atoms with Crippen molar-refractivity contribution in [2.24, 2.45) is 5.92 Å². The van der Waals surface area contributed by atoms with Gasteiger partial charge in [0.1, 0.15) is 16.5 Å². The molecule has 138 valence electrons. The van der Waals surface area contributed by atoms with E-state index in [4.69, 9.17) is 4.74 Å². The summed E-state index contributed by atoms with van der Waals surface area (Å²) in [5.74, 6) is 1.51. The lowest BCUT2D eigenvalue weighted by atomic mass is 10.0. The summed E-state index contributed by atoms with van der Waals surface area (Å²) in [7, 11) is 0. The smallest absolute Gasteiger partial charge is 0.308 e. The number of nitrogens with zero attached hydrogens (tertiary/aromatic N) is 2. The number of esters is 1. The molecular weight excluding hydrogens is 338 g/mol. The maximum atomic E-state index is 11.6. The third kappa shape index (κ3) is 5.37. The van der Waals surface area contributed by atoms with Gasteiger partial charge < -0.3 is 15.2 Å². The third-order valence-corrected chi connectivity index (χ3v) is 4.64. The number of hydrogen-bond acceptors (Lipinski definition) is 7. The summed E-state index contributed by atoms with van der Waals surface area (Å²) in [6.07, 6.45) is 0.879. The summed E-state index contributed by atoms with van der Waals surface area (Å²) in [6.45, 7) is 10.1. The zero-order valence-corrected chi connectivity index (χ0v) is 16.4. The molecule has 0 spiro atoms. The minimum absolute atomic E-state index is 0.0659. The summed E-state index contributed by atoms with van der Waals surface area (Å²) < 4.78 is 4.92. The van der Waals surface area contributed by atoms with Crippen LogP contribution < -0.4 is 5.32 Å². The molecule has 0 fully saturated rings. The first-order chi connectivity index (χ1) is 11.7. The van der Waals surface area contributed by atoms with E-state index in [1.165, 1.54) is 5.56 Å². The van der Waals surface area contributed by atoms with E-state index >= 15 is 0 Å². The first-order valence-corrected chi connectivity index (χ1v) is 9.46. The van der Waals surface area contributed by atoms with Crippen LogP contribution in [0.15, 0.2) is 5.38 Å². The standard InChI is InChI=1S/C18H27N3O3S/c1-6-24-14(22)8-18(5,23)10-19-16-15-13(7-11(2)3)9-25-17(15)21-12(4)20-16/h9,11,23H,6-8,10H2,1-5H3,(H,19,20,21). The number of rotatable bonds is 8. The quantitative estimate of drug-likeness (QED) is 0.698. The van der Waals surface area contributed by atoms with Gasteiger partial charge in [0, 0.05) is 6.54 Å². The van der Waals surface area contributed by atoms with Crippen molar-refractivity contribution in [3.8, 4) is 0 Å². The molecule has 0 aliphatic heterocycles. The highest BCUT2D eigenvalue weighted by Gasteiger charge is 2.26. The molecule has 0 amide bonds. The van der Waals surface area contributed by atoms with Gasteiger partial charge >= 0.3 is 5.97 Å². The van der Waals surface area contributed by atoms with Crippen LogP contribution in [0.3, 0.4) is 0 Å². The SMILES string of the molecule is CCOC(=O)CC(C)(O)CNc1nc(C)nc2scc(CC(C)C)c12. The van der Waals surface area contributed by atoms with E-state index in [1.54, 1.807) is 25.2 Å². The lowest BCUT2D eigenvalue weighted by Crippen LogP contribution is -2.36. The summed E-state index contributed by atoms with van der Waals surface area (Å²) >= 11 is 1.61. The van der Waals surface area contributed by atoms with Crippen molar-refractivity contribution in [1.82, 2.24) is 9.97 Å². The molecule has 0 aliphatic carbocycles. The Morgan fingerprint density at radius 1 is 1.44 bits per heavy atom. The highest BCUT2D eigenvalue weighted by molar-refractivity contribution is 7.17. The number of ether oxygens (including phenoxy) is 1. The molecule has 2 rings (SSSR count). The molecule has 0 radical (unpaired) electrons. The Hall–Kier alpha value is -1.73. The minimum Gasteiger partial charge on any atom is -0.466 e. The molecule has 1 atom stereocenters. The van der Waals surface area contributed by atoms with Crippen molar-refractivity contribution in [1.29, 1.82) is 0 Å². The van der Waals surface area contributed by atoms with Gasteiger partial charge in [0.25, 0.3) is 0 Å². The molecule has 6 nitrogen and oxygen atoms in total. The molecule has 0 aromatic carbocycles. The maximum Gasteiger partial charge on any atom is 0.308 e. The summed E-state index contributed by atoms with van der Waals surface area (Å²) in [6, 6.07) is 0. The van der Waals surface area contributed by atoms with E-state index in [0.29, 0.717) is 24.2 Å². The number of anilines is 1. The van der Waals surface area contributed by atoms with Crippen LogP contribution in [0.1, 0.15) is 45.5 Å². The van der Waals surface area contributed by atoms with Crippen molar-refractivity contribution >= 4 is 33.3 Å². The van der Waals surface area contributed by atoms with Crippen molar-refractivity contribution in [3.63, 3.8) is 0 Å². The topological polar surface area (TPSA) is 84.3 Å². The van der Waals surface area contributed by atoms with Crippen molar-refractivity contribution in [2.45, 2.75) is 53.1 Å². The van der Waals surface area contributed by atoms with Crippen molar-refractivity contribution in [2.75, 3.05) is 18.5 Å². The molecule has 0 bridgehead atoms. The number of carbonyl (C=O) groups excluding carboxylic acids is 1. The lowest BCUT2D eigenvalue weighted by molar-refractivity contribution is -0.147. The van der Waals surface area contributed by atoms with Crippen LogP contribution in [0.5, 0.6) is 0 Å². The maximum absolute atomic E-state index is 11.6. The van der Waals surface area contributed by atoms with Gasteiger partial charge in [-0.15, -0.1) is 11.3 Å².